The van der Waals surface area contributed by atoms with E-state index in [1.54, 1.807) is 11.4 Å². The summed E-state index contributed by atoms with van der Waals surface area (Å²) in [5, 5.41) is 22.7. The Hall–Kier alpha value is -1.89. The van der Waals surface area contributed by atoms with Crippen LogP contribution < -0.4 is 5.56 Å². The molecule has 6 nitrogen and oxygen atoms in total. The number of aromatic hydroxyl groups is 1. The Bertz CT molecular complexity index is 659. The van der Waals surface area contributed by atoms with Crippen LogP contribution >= 0.6 is 11.3 Å². The Morgan fingerprint density at radius 1 is 1.56 bits per heavy atom. The van der Waals surface area contributed by atoms with E-state index in [0.29, 0.717) is 16.8 Å². The van der Waals surface area contributed by atoms with Crippen molar-refractivity contribution in [1.29, 1.82) is 0 Å². The maximum absolute atomic E-state index is 12.0. The zero-order chi connectivity index (χ0) is 13.3. The second-order valence-electron chi connectivity index (χ2n) is 3.90. The third kappa shape index (κ3) is 1.86. The van der Waals surface area contributed by atoms with Gasteiger partial charge in [-0.15, -0.1) is 11.3 Å². The topological polar surface area (TPSA) is 85.4 Å². The summed E-state index contributed by atoms with van der Waals surface area (Å²) in [7, 11) is 0. The molecule has 0 radical (unpaired) electrons. The van der Waals surface area contributed by atoms with Crippen molar-refractivity contribution in [2.45, 2.75) is 26.3 Å². The molecule has 0 atom stereocenters. The number of thiophene rings is 1. The Labute approximate surface area is 106 Å². The van der Waals surface area contributed by atoms with Gasteiger partial charge in [-0.05, 0) is 17.9 Å². The molecule has 2 aromatic heterocycles. The molecule has 0 fully saturated rings. The van der Waals surface area contributed by atoms with Crippen LogP contribution in [0.5, 0.6) is 5.75 Å². The van der Waals surface area contributed by atoms with Crippen LogP contribution in [0.4, 0.5) is 5.69 Å². The van der Waals surface area contributed by atoms with Crippen molar-refractivity contribution in [1.82, 2.24) is 4.57 Å². The third-order valence-electron chi connectivity index (χ3n) is 2.73. The highest BCUT2D eigenvalue weighted by molar-refractivity contribution is 7.16. The summed E-state index contributed by atoms with van der Waals surface area (Å²) in [6.07, 6.45) is 1.64. The van der Waals surface area contributed by atoms with E-state index < -0.39 is 21.9 Å². The lowest BCUT2D eigenvalue weighted by atomic mass is 10.2. The summed E-state index contributed by atoms with van der Waals surface area (Å²) in [6, 6.07) is 1.59. The van der Waals surface area contributed by atoms with Gasteiger partial charge in [0.15, 0.2) is 0 Å². The molecule has 96 valence electrons. The minimum atomic E-state index is -0.822. The van der Waals surface area contributed by atoms with Crippen molar-refractivity contribution in [2.24, 2.45) is 0 Å². The molecule has 0 aliphatic heterocycles. The van der Waals surface area contributed by atoms with Crippen LogP contribution in [-0.4, -0.2) is 14.6 Å². The zero-order valence-electron chi connectivity index (χ0n) is 9.75. The summed E-state index contributed by atoms with van der Waals surface area (Å²) in [4.78, 5) is 22.6. The van der Waals surface area contributed by atoms with Crippen LogP contribution in [0.1, 0.15) is 19.8 Å². The van der Waals surface area contributed by atoms with E-state index in [9.17, 15) is 20.0 Å². The van der Waals surface area contributed by atoms with Gasteiger partial charge in [-0.2, -0.15) is 0 Å². The number of pyridine rings is 1. The first kappa shape index (κ1) is 12.6. The molecule has 2 aromatic rings. The Kier molecular flexibility index (Phi) is 3.33. The van der Waals surface area contributed by atoms with Gasteiger partial charge < -0.3 is 5.11 Å². The molecule has 7 heteroatoms. The molecule has 0 amide bonds. The lowest BCUT2D eigenvalue weighted by Gasteiger charge is -2.07. The van der Waals surface area contributed by atoms with Gasteiger partial charge in [-0.3, -0.25) is 19.5 Å². The summed E-state index contributed by atoms with van der Waals surface area (Å²) in [6.45, 7) is 2.40. The molecule has 0 aliphatic carbocycles. The molecule has 0 aliphatic rings. The number of rotatable bonds is 4. The number of aryl methyl sites for hydroxylation is 1. The van der Waals surface area contributed by atoms with Gasteiger partial charge in [0.25, 0.3) is 0 Å². The molecule has 0 aromatic carbocycles. The van der Waals surface area contributed by atoms with E-state index >= 15 is 0 Å². The second-order valence-corrected chi connectivity index (χ2v) is 4.80. The first-order chi connectivity index (χ1) is 8.57. The molecule has 0 unspecified atom stereocenters. The third-order valence-corrected chi connectivity index (χ3v) is 3.67. The first-order valence-electron chi connectivity index (χ1n) is 5.55. The van der Waals surface area contributed by atoms with Crippen LogP contribution in [0.2, 0.25) is 0 Å². The van der Waals surface area contributed by atoms with E-state index in [0.717, 1.165) is 12.8 Å². The van der Waals surface area contributed by atoms with Crippen molar-refractivity contribution in [3.05, 3.63) is 31.9 Å². The molecule has 0 spiro atoms. The second kappa shape index (κ2) is 4.77. The van der Waals surface area contributed by atoms with Gasteiger partial charge >= 0.3 is 11.2 Å². The SMILES string of the molecule is CCCCn1c(=O)c([N+](=O)[O-])c(O)c2ccsc21. The summed E-state index contributed by atoms with van der Waals surface area (Å²) < 4.78 is 1.38. The highest BCUT2D eigenvalue weighted by Crippen LogP contribution is 2.33. The van der Waals surface area contributed by atoms with E-state index in [1.807, 2.05) is 6.92 Å². The normalized spacial score (nSPS) is 10.9. The molecule has 0 bridgehead atoms. The number of nitrogens with zero attached hydrogens (tertiary/aromatic N) is 2. The molecule has 0 saturated heterocycles. The zero-order valence-corrected chi connectivity index (χ0v) is 10.6. The smallest absolute Gasteiger partial charge is 0.375 e. The number of aromatic nitrogens is 1. The highest BCUT2D eigenvalue weighted by Gasteiger charge is 2.25. The highest BCUT2D eigenvalue weighted by atomic mass is 32.1. The molecule has 2 rings (SSSR count). The van der Waals surface area contributed by atoms with Gasteiger partial charge in [0.1, 0.15) is 4.83 Å². The molecular weight excluding hydrogens is 256 g/mol. The molecule has 0 saturated carbocycles. The maximum Gasteiger partial charge on any atom is 0.375 e. The van der Waals surface area contributed by atoms with Gasteiger partial charge in [0.2, 0.25) is 5.75 Å². The number of fused-ring (bicyclic) bond motifs is 1. The fourth-order valence-electron chi connectivity index (χ4n) is 1.82. The lowest BCUT2D eigenvalue weighted by Crippen LogP contribution is -2.22. The fourth-order valence-corrected chi connectivity index (χ4v) is 2.75. The summed E-state index contributed by atoms with van der Waals surface area (Å²) >= 11 is 1.29. The summed E-state index contributed by atoms with van der Waals surface area (Å²) in [5.74, 6) is -0.533. The van der Waals surface area contributed by atoms with Crippen molar-refractivity contribution in [3.8, 4) is 5.75 Å². The van der Waals surface area contributed by atoms with Crippen LogP contribution in [0, 0.1) is 10.1 Å². The van der Waals surface area contributed by atoms with E-state index in [1.165, 1.54) is 15.9 Å². The molecule has 2 heterocycles. The number of hydrogen-bond donors (Lipinski definition) is 1. The van der Waals surface area contributed by atoms with Gasteiger partial charge in [-0.25, -0.2) is 0 Å². The molecular formula is C11H12N2O4S. The average molecular weight is 268 g/mol. The Morgan fingerprint density at radius 2 is 2.28 bits per heavy atom. The van der Waals surface area contributed by atoms with Gasteiger partial charge in [0.05, 0.1) is 10.3 Å². The van der Waals surface area contributed by atoms with Gasteiger partial charge in [0, 0.05) is 6.54 Å². The Balaban J connectivity index is 2.78. The van der Waals surface area contributed by atoms with E-state index in [-0.39, 0.29) is 0 Å². The van der Waals surface area contributed by atoms with Crippen LogP contribution in [0.3, 0.4) is 0 Å². The monoisotopic (exact) mass is 268 g/mol. The minimum absolute atomic E-state index is 0.363. The van der Waals surface area contributed by atoms with Crippen molar-refractivity contribution < 1.29 is 10.0 Å². The molecule has 1 N–H and O–H groups in total. The minimum Gasteiger partial charge on any atom is -0.501 e. The number of nitro groups is 1. The largest absolute Gasteiger partial charge is 0.501 e. The fraction of sp³-hybridized carbons (Fsp3) is 0.364. The predicted molar refractivity (Wildman–Crippen MR) is 69.3 cm³/mol. The van der Waals surface area contributed by atoms with E-state index in [4.69, 9.17) is 0 Å². The first-order valence-corrected chi connectivity index (χ1v) is 6.43. The molecule has 18 heavy (non-hydrogen) atoms. The van der Waals surface area contributed by atoms with Crippen LogP contribution in [0.15, 0.2) is 16.2 Å². The number of unbranched alkanes of at least 4 members (excludes halogenated alkanes) is 1. The van der Waals surface area contributed by atoms with E-state index in [2.05, 4.69) is 0 Å². The van der Waals surface area contributed by atoms with Crippen molar-refractivity contribution in [2.75, 3.05) is 0 Å². The maximum atomic E-state index is 12.0. The van der Waals surface area contributed by atoms with Crippen LogP contribution in [0.25, 0.3) is 10.2 Å². The lowest BCUT2D eigenvalue weighted by molar-refractivity contribution is -0.387. The quantitative estimate of drug-likeness (QED) is 0.681. The number of hydrogen-bond acceptors (Lipinski definition) is 5. The summed E-state index contributed by atoms with van der Waals surface area (Å²) in [5.41, 5.74) is -1.47. The standard InChI is InChI=1S/C11H12N2O4S/c1-2-3-5-12-10(15)8(13(16)17)9(14)7-4-6-18-11(7)12/h4,6,14H,2-3,5H2,1H3. The van der Waals surface area contributed by atoms with Crippen LogP contribution in [-0.2, 0) is 6.54 Å². The Morgan fingerprint density at radius 3 is 2.89 bits per heavy atom. The average Bonchev–Trinajstić information content (AvgIpc) is 2.77. The van der Waals surface area contributed by atoms with Crippen molar-refractivity contribution >= 4 is 27.2 Å². The van der Waals surface area contributed by atoms with Crippen molar-refractivity contribution in [3.63, 3.8) is 0 Å². The van der Waals surface area contributed by atoms with Gasteiger partial charge in [-0.1, -0.05) is 13.3 Å². The predicted octanol–water partition coefficient (Wildman–Crippen LogP) is 2.48.